The Labute approximate surface area is 97.4 Å². The third-order valence-corrected chi connectivity index (χ3v) is 4.39. The fraction of sp³-hybridized carbons (Fsp3) is 0.167. The number of halogens is 2. The summed E-state index contributed by atoms with van der Waals surface area (Å²) < 4.78 is 27.0. The summed E-state index contributed by atoms with van der Waals surface area (Å²) >= 11 is 4.01. The fourth-order valence-electron chi connectivity index (χ4n) is 0.762. The third-order valence-electron chi connectivity index (χ3n) is 1.30. The second-order valence-corrected chi connectivity index (χ2v) is 7.14. The van der Waals surface area contributed by atoms with E-state index < -0.39 is 15.0 Å². The molecule has 1 aromatic heterocycles. The van der Waals surface area contributed by atoms with Crippen molar-refractivity contribution in [2.24, 2.45) is 0 Å². The van der Waals surface area contributed by atoms with E-state index in [4.69, 9.17) is 10.7 Å². The molecule has 0 unspecified atom stereocenters. The Bertz CT molecular complexity index is 464. The van der Waals surface area contributed by atoms with E-state index in [9.17, 15) is 13.2 Å². The number of esters is 1. The van der Waals surface area contributed by atoms with E-state index in [0.29, 0.717) is 3.79 Å². The third kappa shape index (κ3) is 2.47. The number of thiophene rings is 1. The van der Waals surface area contributed by atoms with Crippen LogP contribution in [0.3, 0.4) is 0 Å². The zero-order chi connectivity index (χ0) is 10.9. The van der Waals surface area contributed by atoms with Gasteiger partial charge in [-0.15, -0.1) is 11.3 Å². The molecule has 0 radical (unpaired) electrons. The maximum absolute atomic E-state index is 11.1. The second-order valence-electron chi connectivity index (χ2n) is 2.17. The Morgan fingerprint density at radius 3 is 2.64 bits per heavy atom. The number of rotatable bonds is 2. The van der Waals surface area contributed by atoms with Gasteiger partial charge in [0.25, 0.3) is 9.05 Å². The topological polar surface area (TPSA) is 60.4 Å². The SMILES string of the molecule is COC(=O)c1sc(Br)cc1S(=O)(=O)Cl. The molecule has 1 aromatic rings. The summed E-state index contributed by atoms with van der Waals surface area (Å²) in [4.78, 5) is 10.9. The first-order valence-corrected chi connectivity index (χ1v) is 7.10. The number of methoxy groups -OCH3 is 1. The van der Waals surface area contributed by atoms with E-state index in [2.05, 4.69) is 20.7 Å². The van der Waals surface area contributed by atoms with Crippen LogP contribution in [-0.4, -0.2) is 21.5 Å². The standard InChI is InChI=1S/C6H4BrClO4S2/c1-12-6(9)5-3(14(8,10)11)2-4(7)13-5/h2H,1H3. The monoisotopic (exact) mass is 318 g/mol. The Hall–Kier alpha value is -0.110. The molecule has 0 aliphatic heterocycles. The van der Waals surface area contributed by atoms with Crippen molar-refractivity contribution in [3.8, 4) is 0 Å². The molecule has 78 valence electrons. The van der Waals surface area contributed by atoms with E-state index in [1.165, 1.54) is 13.2 Å². The quantitative estimate of drug-likeness (QED) is 0.619. The molecule has 0 aromatic carbocycles. The number of ether oxygens (including phenoxy) is 1. The highest BCUT2D eigenvalue weighted by Crippen LogP contribution is 2.32. The predicted octanol–water partition coefficient (Wildman–Crippen LogP) is 2.22. The number of hydrogen-bond acceptors (Lipinski definition) is 5. The van der Waals surface area contributed by atoms with Gasteiger partial charge in [0.1, 0.15) is 9.77 Å². The van der Waals surface area contributed by atoms with E-state index >= 15 is 0 Å². The largest absolute Gasteiger partial charge is 0.465 e. The van der Waals surface area contributed by atoms with Crippen molar-refractivity contribution in [1.82, 2.24) is 0 Å². The van der Waals surface area contributed by atoms with Gasteiger partial charge in [0.2, 0.25) is 0 Å². The highest BCUT2D eigenvalue weighted by molar-refractivity contribution is 9.11. The van der Waals surface area contributed by atoms with Gasteiger partial charge in [-0.25, -0.2) is 13.2 Å². The van der Waals surface area contributed by atoms with Crippen LogP contribution in [0.15, 0.2) is 14.7 Å². The van der Waals surface area contributed by atoms with Gasteiger partial charge >= 0.3 is 5.97 Å². The van der Waals surface area contributed by atoms with Crippen molar-refractivity contribution < 1.29 is 17.9 Å². The average Bonchev–Trinajstić information content (AvgIpc) is 2.45. The van der Waals surface area contributed by atoms with Crippen LogP contribution in [0, 0.1) is 0 Å². The summed E-state index contributed by atoms with van der Waals surface area (Å²) in [5.74, 6) is -0.722. The lowest BCUT2D eigenvalue weighted by atomic mass is 10.5. The van der Waals surface area contributed by atoms with Crippen LogP contribution in [0.25, 0.3) is 0 Å². The van der Waals surface area contributed by atoms with Crippen molar-refractivity contribution in [3.05, 3.63) is 14.7 Å². The van der Waals surface area contributed by atoms with Crippen LogP contribution in [0.2, 0.25) is 0 Å². The minimum absolute atomic E-state index is 0.0330. The summed E-state index contributed by atoms with van der Waals surface area (Å²) in [6.07, 6.45) is 0. The molecule has 0 aliphatic carbocycles. The minimum atomic E-state index is -3.92. The number of carbonyl (C=O) groups excluding carboxylic acids is 1. The highest BCUT2D eigenvalue weighted by Gasteiger charge is 2.24. The lowest BCUT2D eigenvalue weighted by Gasteiger charge is -1.96. The van der Waals surface area contributed by atoms with Crippen LogP contribution < -0.4 is 0 Å². The smallest absolute Gasteiger partial charge is 0.349 e. The van der Waals surface area contributed by atoms with Crippen molar-refractivity contribution in [2.45, 2.75) is 4.90 Å². The zero-order valence-electron chi connectivity index (χ0n) is 6.78. The zero-order valence-corrected chi connectivity index (χ0v) is 10.8. The number of carbonyl (C=O) groups is 1. The molecular weight excluding hydrogens is 316 g/mol. The van der Waals surface area contributed by atoms with Crippen molar-refractivity contribution in [3.63, 3.8) is 0 Å². The van der Waals surface area contributed by atoms with Crippen molar-refractivity contribution in [2.75, 3.05) is 7.11 Å². The molecular formula is C6H4BrClO4S2. The van der Waals surface area contributed by atoms with E-state index in [1.54, 1.807) is 0 Å². The van der Waals surface area contributed by atoms with Gasteiger partial charge in [0.05, 0.1) is 10.9 Å². The molecule has 1 heterocycles. The van der Waals surface area contributed by atoms with Crippen LogP contribution in [0.1, 0.15) is 9.67 Å². The van der Waals surface area contributed by atoms with Gasteiger partial charge in [-0.2, -0.15) is 0 Å². The fourth-order valence-corrected chi connectivity index (χ4v) is 3.92. The number of hydrogen-bond donors (Lipinski definition) is 0. The summed E-state index contributed by atoms with van der Waals surface area (Å²) in [5, 5.41) is 0. The van der Waals surface area contributed by atoms with Gasteiger partial charge in [-0.1, -0.05) is 0 Å². The molecule has 0 saturated heterocycles. The molecule has 14 heavy (non-hydrogen) atoms. The van der Waals surface area contributed by atoms with Crippen LogP contribution in [-0.2, 0) is 13.8 Å². The summed E-state index contributed by atoms with van der Waals surface area (Å²) in [6.45, 7) is 0. The van der Waals surface area contributed by atoms with E-state index in [0.717, 1.165) is 11.3 Å². The van der Waals surface area contributed by atoms with Crippen LogP contribution >= 0.6 is 37.9 Å². The van der Waals surface area contributed by atoms with Crippen LogP contribution in [0.4, 0.5) is 0 Å². The molecule has 0 fully saturated rings. The summed E-state index contributed by atoms with van der Waals surface area (Å²) in [6, 6.07) is 1.26. The van der Waals surface area contributed by atoms with E-state index in [1.807, 2.05) is 0 Å². The normalized spacial score (nSPS) is 11.4. The second kappa shape index (κ2) is 4.18. The maximum atomic E-state index is 11.1. The average molecular weight is 320 g/mol. The maximum Gasteiger partial charge on any atom is 0.349 e. The molecule has 0 aliphatic rings. The summed E-state index contributed by atoms with van der Waals surface area (Å²) in [7, 11) is 2.38. The highest BCUT2D eigenvalue weighted by atomic mass is 79.9. The molecule has 1 rings (SSSR count). The lowest BCUT2D eigenvalue weighted by Crippen LogP contribution is -2.03. The van der Waals surface area contributed by atoms with Gasteiger partial charge in [0, 0.05) is 10.7 Å². The minimum Gasteiger partial charge on any atom is -0.465 e. The molecule has 4 nitrogen and oxygen atoms in total. The molecule has 0 bridgehead atoms. The Morgan fingerprint density at radius 2 is 2.21 bits per heavy atom. The van der Waals surface area contributed by atoms with E-state index in [-0.39, 0.29) is 9.77 Å². The van der Waals surface area contributed by atoms with Crippen molar-refractivity contribution >= 4 is 53.0 Å². The van der Waals surface area contributed by atoms with Crippen LogP contribution in [0.5, 0.6) is 0 Å². The lowest BCUT2D eigenvalue weighted by molar-refractivity contribution is 0.0602. The molecule has 0 N–H and O–H groups in total. The Kier molecular flexibility index (Phi) is 3.57. The first kappa shape index (κ1) is 12.0. The molecule has 0 saturated carbocycles. The Morgan fingerprint density at radius 1 is 1.64 bits per heavy atom. The molecule has 0 spiro atoms. The first-order valence-electron chi connectivity index (χ1n) is 3.18. The predicted molar refractivity (Wildman–Crippen MR) is 56.4 cm³/mol. The van der Waals surface area contributed by atoms with Gasteiger partial charge in [-0.05, 0) is 22.0 Å². The molecule has 0 amide bonds. The first-order chi connectivity index (χ1) is 6.36. The van der Waals surface area contributed by atoms with Crippen molar-refractivity contribution in [1.29, 1.82) is 0 Å². The molecule has 0 atom stereocenters. The molecule has 8 heteroatoms. The van der Waals surface area contributed by atoms with Gasteiger partial charge in [-0.3, -0.25) is 0 Å². The Balaban J connectivity index is 3.38. The van der Waals surface area contributed by atoms with Gasteiger partial charge in [0.15, 0.2) is 0 Å². The summed E-state index contributed by atoms with van der Waals surface area (Å²) in [5.41, 5.74) is 0. The van der Waals surface area contributed by atoms with Gasteiger partial charge < -0.3 is 4.74 Å².